The number of carbonyl (C=O) groups is 1. The molecule has 4 rings (SSSR count). The largest absolute Gasteiger partial charge is 0.407 e. The second-order valence-electron chi connectivity index (χ2n) is 9.69. The lowest BCUT2D eigenvalue weighted by atomic mass is 9.78. The van der Waals surface area contributed by atoms with Crippen LogP contribution < -0.4 is 0 Å². The minimum absolute atomic E-state index is 0.0159. The summed E-state index contributed by atoms with van der Waals surface area (Å²) in [5, 5.41) is 4.83. The number of fused-ring (bicyclic) bond motifs is 1. The van der Waals surface area contributed by atoms with Crippen molar-refractivity contribution >= 4 is 24.0 Å². The predicted molar refractivity (Wildman–Crippen MR) is 118 cm³/mol. The Morgan fingerprint density at radius 2 is 2.00 bits per heavy atom. The zero-order valence-electron chi connectivity index (χ0n) is 19.4. The van der Waals surface area contributed by atoms with Crippen molar-refractivity contribution in [2.45, 2.75) is 70.3 Å². The third kappa shape index (κ3) is 5.24. The van der Waals surface area contributed by atoms with Gasteiger partial charge in [-0.05, 0) is 32.6 Å². The van der Waals surface area contributed by atoms with Crippen LogP contribution in [0.4, 0.5) is 13.2 Å². The van der Waals surface area contributed by atoms with E-state index in [1.54, 1.807) is 12.0 Å². The van der Waals surface area contributed by atoms with Gasteiger partial charge in [0.2, 0.25) is 5.91 Å². The summed E-state index contributed by atoms with van der Waals surface area (Å²) in [6, 6.07) is -0.487. The molecule has 7 atom stereocenters. The first-order valence-electron chi connectivity index (χ1n) is 11.5. The summed E-state index contributed by atoms with van der Waals surface area (Å²) >= 11 is 0. The van der Waals surface area contributed by atoms with Gasteiger partial charge < -0.3 is 14.4 Å². The van der Waals surface area contributed by atoms with Crippen molar-refractivity contribution in [3.8, 4) is 0 Å². The van der Waals surface area contributed by atoms with E-state index >= 15 is 0 Å². The van der Waals surface area contributed by atoms with Gasteiger partial charge in [-0.15, -0.1) is 0 Å². The number of carbonyl (C=O) groups excluding carboxylic acids is 1. The van der Waals surface area contributed by atoms with Crippen molar-refractivity contribution < 1.29 is 27.4 Å². The Hall–Kier alpha value is -2.01. The van der Waals surface area contributed by atoms with Crippen LogP contribution >= 0.6 is 0 Å². The SMILES string of the molecule is COC1N=CC(C2CC(C)C3C(=O)N(C4C=NN(CC(F)(F)F)C4)CC3=N2)CC1OC(C)C. The van der Waals surface area contributed by atoms with E-state index in [1.807, 2.05) is 27.0 Å². The highest BCUT2D eigenvalue weighted by Crippen LogP contribution is 2.37. The van der Waals surface area contributed by atoms with Crippen LogP contribution in [-0.4, -0.2) is 97.4 Å². The maximum Gasteiger partial charge on any atom is 0.407 e. The molecular formula is C22H32F3N5O3. The van der Waals surface area contributed by atoms with Crippen molar-refractivity contribution in [3.05, 3.63) is 0 Å². The summed E-state index contributed by atoms with van der Waals surface area (Å²) in [6.07, 6.45) is 0.0484. The van der Waals surface area contributed by atoms with E-state index in [0.29, 0.717) is 6.54 Å². The number of hydrazone groups is 1. The minimum atomic E-state index is -4.33. The summed E-state index contributed by atoms with van der Waals surface area (Å²) < 4.78 is 49.6. The molecule has 7 unspecified atom stereocenters. The number of alkyl halides is 3. The molecule has 4 heterocycles. The molecule has 33 heavy (non-hydrogen) atoms. The summed E-state index contributed by atoms with van der Waals surface area (Å²) in [5.74, 6) is -0.220. The van der Waals surface area contributed by atoms with E-state index < -0.39 is 18.8 Å². The van der Waals surface area contributed by atoms with Gasteiger partial charge in [-0.2, -0.15) is 18.3 Å². The lowest BCUT2D eigenvalue weighted by Crippen LogP contribution is -2.44. The molecule has 0 bridgehead atoms. The number of methoxy groups -OCH3 is 1. The molecule has 1 fully saturated rings. The number of nitrogens with zero attached hydrogens (tertiary/aromatic N) is 5. The highest BCUT2D eigenvalue weighted by atomic mass is 19.4. The molecule has 184 valence electrons. The summed E-state index contributed by atoms with van der Waals surface area (Å²) in [5.41, 5.74) is 0.815. The molecule has 0 radical (unpaired) electrons. The number of likely N-dealkylation sites (tertiary alicyclic amines) is 1. The Kier molecular flexibility index (Phi) is 6.82. The second kappa shape index (κ2) is 9.32. The fourth-order valence-electron chi connectivity index (χ4n) is 5.35. The number of amides is 1. The number of ether oxygens (including phenoxy) is 2. The first kappa shape index (κ1) is 24.1. The molecule has 0 N–H and O–H groups in total. The van der Waals surface area contributed by atoms with Crippen LogP contribution in [0.5, 0.6) is 0 Å². The summed E-state index contributed by atoms with van der Waals surface area (Å²) in [6.45, 7) is 5.27. The maximum atomic E-state index is 13.1. The smallest absolute Gasteiger partial charge is 0.371 e. The molecule has 0 saturated carbocycles. The van der Waals surface area contributed by atoms with Crippen molar-refractivity contribution in [3.63, 3.8) is 0 Å². The van der Waals surface area contributed by atoms with Gasteiger partial charge in [-0.1, -0.05) is 6.92 Å². The van der Waals surface area contributed by atoms with Crippen molar-refractivity contribution in [2.75, 3.05) is 26.7 Å². The molecular weight excluding hydrogens is 439 g/mol. The fraction of sp³-hybridized carbons (Fsp3) is 0.818. The third-order valence-electron chi connectivity index (χ3n) is 6.75. The Labute approximate surface area is 191 Å². The van der Waals surface area contributed by atoms with Gasteiger partial charge in [0.05, 0.1) is 37.2 Å². The maximum absolute atomic E-state index is 13.1. The molecule has 1 amide bonds. The molecule has 0 aliphatic carbocycles. The number of rotatable bonds is 6. The van der Waals surface area contributed by atoms with Crippen LogP contribution in [0, 0.1) is 17.8 Å². The zero-order chi connectivity index (χ0) is 23.9. The lowest BCUT2D eigenvalue weighted by Gasteiger charge is -2.36. The molecule has 4 aliphatic rings. The van der Waals surface area contributed by atoms with Crippen LogP contribution in [0.25, 0.3) is 0 Å². The quantitative estimate of drug-likeness (QED) is 0.596. The van der Waals surface area contributed by atoms with Crippen molar-refractivity contribution in [1.29, 1.82) is 0 Å². The van der Waals surface area contributed by atoms with Crippen LogP contribution in [0.1, 0.15) is 33.6 Å². The Bertz CT molecular complexity index is 831. The van der Waals surface area contributed by atoms with Gasteiger partial charge >= 0.3 is 6.18 Å². The molecule has 4 aliphatic heterocycles. The second-order valence-corrected chi connectivity index (χ2v) is 9.69. The van der Waals surface area contributed by atoms with E-state index in [0.717, 1.165) is 23.6 Å². The van der Waals surface area contributed by atoms with Crippen LogP contribution in [0.15, 0.2) is 15.1 Å². The first-order valence-corrected chi connectivity index (χ1v) is 11.5. The van der Waals surface area contributed by atoms with E-state index in [4.69, 9.17) is 14.5 Å². The van der Waals surface area contributed by atoms with E-state index in [1.165, 1.54) is 6.21 Å². The molecule has 11 heteroatoms. The van der Waals surface area contributed by atoms with E-state index in [9.17, 15) is 18.0 Å². The standard InChI is InChI=1S/C22H32F3N5O3/c1-12(2)33-18-6-14(7-26-20(18)32-4)16-5-13(3)19-17(28-16)10-30(21(19)31)15-8-27-29(9-15)11-22(23,24)25/h7-8,12-16,18-20H,5-6,9-11H2,1-4H3. The molecule has 8 nitrogen and oxygen atoms in total. The predicted octanol–water partition coefficient (Wildman–Crippen LogP) is 2.38. The zero-order valence-corrected chi connectivity index (χ0v) is 19.4. The molecule has 0 aromatic carbocycles. The van der Waals surface area contributed by atoms with Gasteiger partial charge in [-0.3, -0.25) is 19.8 Å². The number of hydrogen-bond acceptors (Lipinski definition) is 7. The highest BCUT2D eigenvalue weighted by molar-refractivity contribution is 6.12. The first-order chi connectivity index (χ1) is 15.6. The fourth-order valence-corrected chi connectivity index (χ4v) is 5.35. The highest BCUT2D eigenvalue weighted by Gasteiger charge is 2.48. The summed E-state index contributed by atoms with van der Waals surface area (Å²) in [7, 11) is 1.62. The Morgan fingerprint density at radius 3 is 2.67 bits per heavy atom. The number of halogens is 3. The van der Waals surface area contributed by atoms with Gasteiger partial charge in [0.1, 0.15) is 12.6 Å². The number of aliphatic imine (C=N–C) groups is 2. The van der Waals surface area contributed by atoms with Gasteiger partial charge in [-0.25, -0.2) is 0 Å². The molecule has 0 aromatic rings. The molecule has 0 spiro atoms. The molecule has 0 aromatic heterocycles. The minimum Gasteiger partial charge on any atom is -0.371 e. The third-order valence-corrected chi connectivity index (χ3v) is 6.75. The summed E-state index contributed by atoms with van der Waals surface area (Å²) in [4.78, 5) is 24.3. The van der Waals surface area contributed by atoms with Crippen molar-refractivity contribution in [1.82, 2.24) is 9.91 Å². The Balaban J connectivity index is 1.46. The normalized spacial score (nSPS) is 36.7. The topological polar surface area (TPSA) is 79.1 Å². The van der Waals surface area contributed by atoms with E-state index in [2.05, 4.69) is 10.1 Å². The van der Waals surface area contributed by atoms with Crippen LogP contribution in [0.2, 0.25) is 0 Å². The van der Waals surface area contributed by atoms with Gasteiger partial charge in [0.25, 0.3) is 0 Å². The average Bonchev–Trinajstić information content (AvgIpc) is 3.30. The number of hydrogen-bond donors (Lipinski definition) is 0. The Morgan fingerprint density at radius 1 is 1.24 bits per heavy atom. The van der Waals surface area contributed by atoms with Gasteiger partial charge in [0, 0.05) is 31.2 Å². The lowest BCUT2D eigenvalue weighted by molar-refractivity contribution is -0.146. The average molecular weight is 472 g/mol. The van der Waals surface area contributed by atoms with Crippen LogP contribution in [-0.2, 0) is 14.3 Å². The van der Waals surface area contributed by atoms with Crippen molar-refractivity contribution in [2.24, 2.45) is 32.8 Å². The van der Waals surface area contributed by atoms with Crippen LogP contribution in [0.3, 0.4) is 0 Å². The molecule has 1 saturated heterocycles. The van der Waals surface area contributed by atoms with E-state index in [-0.39, 0.29) is 54.7 Å². The monoisotopic (exact) mass is 471 g/mol. The van der Waals surface area contributed by atoms with Gasteiger partial charge in [0.15, 0.2) is 6.23 Å².